The summed E-state index contributed by atoms with van der Waals surface area (Å²) in [6.45, 7) is 2.25. The Bertz CT molecular complexity index is 970. The topological polar surface area (TPSA) is 75.7 Å². The van der Waals surface area contributed by atoms with Gasteiger partial charge >= 0.3 is 0 Å². The fraction of sp³-hybridized carbons (Fsp3) is 0.350. The number of para-hydroxylation sites is 1. The van der Waals surface area contributed by atoms with E-state index in [0.29, 0.717) is 18.6 Å². The number of hydrogen-bond acceptors (Lipinski definition) is 4. The molecule has 1 aliphatic rings. The zero-order valence-electron chi connectivity index (χ0n) is 15.8. The van der Waals surface area contributed by atoms with Crippen molar-refractivity contribution < 1.29 is 22.3 Å². The Morgan fingerprint density at radius 3 is 2.50 bits per heavy atom. The van der Waals surface area contributed by atoms with Gasteiger partial charge in [-0.25, -0.2) is 12.8 Å². The quantitative estimate of drug-likeness (QED) is 0.828. The number of benzene rings is 2. The summed E-state index contributed by atoms with van der Waals surface area (Å²) in [5.74, 6) is -0.867. The van der Waals surface area contributed by atoms with Gasteiger partial charge in [0.05, 0.1) is 12.8 Å². The van der Waals surface area contributed by atoms with Crippen molar-refractivity contribution in [2.45, 2.75) is 24.7 Å². The van der Waals surface area contributed by atoms with Gasteiger partial charge < -0.3 is 10.1 Å². The second kappa shape index (κ2) is 8.28. The normalized spacial score (nSPS) is 16.0. The van der Waals surface area contributed by atoms with Crippen molar-refractivity contribution >= 4 is 21.6 Å². The molecule has 1 heterocycles. The summed E-state index contributed by atoms with van der Waals surface area (Å²) in [6, 6.07) is 11.0. The molecule has 0 aliphatic carbocycles. The molecule has 2 aromatic carbocycles. The van der Waals surface area contributed by atoms with Crippen LogP contribution in [0.3, 0.4) is 0 Å². The number of ether oxygens (including phenoxy) is 1. The summed E-state index contributed by atoms with van der Waals surface area (Å²) >= 11 is 0. The van der Waals surface area contributed by atoms with Crippen molar-refractivity contribution in [2.24, 2.45) is 5.92 Å². The molecule has 0 atom stereocenters. The third-order valence-corrected chi connectivity index (χ3v) is 6.81. The van der Waals surface area contributed by atoms with Crippen LogP contribution < -0.4 is 10.1 Å². The van der Waals surface area contributed by atoms with E-state index in [9.17, 15) is 17.6 Å². The van der Waals surface area contributed by atoms with Crippen LogP contribution in [0.4, 0.5) is 10.1 Å². The summed E-state index contributed by atoms with van der Waals surface area (Å²) in [5.41, 5.74) is 0.950. The minimum absolute atomic E-state index is 0.129. The number of carbonyl (C=O) groups excluding carboxylic acids is 1. The lowest BCUT2D eigenvalue weighted by Crippen LogP contribution is -2.41. The molecule has 1 fully saturated rings. The number of nitrogens with zero attached hydrogens (tertiary/aromatic N) is 1. The molecule has 150 valence electrons. The number of anilines is 1. The van der Waals surface area contributed by atoms with E-state index in [1.807, 2.05) is 6.92 Å². The Morgan fingerprint density at radius 2 is 1.86 bits per heavy atom. The molecule has 6 nitrogen and oxygen atoms in total. The Hall–Kier alpha value is -2.45. The lowest BCUT2D eigenvalue weighted by molar-refractivity contribution is -0.120. The molecule has 1 N–H and O–H groups in total. The van der Waals surface area contributed by atoms with Crippen LogP contribution in [0.15, 0.2) is 47.4 Å². The van der Waals surface area contributed by atoms with Crippen LogP contribution in [0, 0.1) is 18.7 Å². The second-order valence-electron chi connectivity index (χ2n) is 6.80. The molecule has 3 rings (SSSR count). The van der Waals surface area contributed by atoms with E-state index in [0.717, 1.165) is 5.56 Å². The first-order chi connectivity index (χ1) is 13.3. The average molecular weight is 406 g/mol. The predicted molar refractivity (Wildman–Crippen MR) is 104 cm³/mol. The number of piperidine rings is 1. The Morgan fingerprint density at radius 1 is 1.18 bits per heavy atom. The van der Waals surface area contributed by atoms with E-state index in [2.05, 4.69) is 5.32 Å². The lowest BCUT2D eigenvalue weighted by atomic mass is 9.97. The highest BCUT2D eigenvalue weighted by Gasteiger charge is 2.33. The maximum absolute atomic E-state index is 13.7. The Kier molecular flexibility index (Phi) is 6.00. The lowest BCUT2D eigenvalue weighted by Gasteiger charge is -2.31. The van der Waals surface area contributed by atoms with Gasteiger partial charge in [-0.2, -0.15) is 4.31 Å². The highest BCUT2D eigenvalue weighted by molar-refractivity contribution is 7.89. The molecule has 0 spiro atoms. The predicted octanol–water partition coefficient (Wildman–Crippen LogP) is 3.18. The van der Waals surface area contributed by atoms with Gasteiger partial charge in [0.15, 0.2) is 0 Å². The first-order valence-corrected chi connectivity index (χ1v) is 10.5. The molecule has 0 saturated carbocycles. The second-order valence-corrected chi connectivity index (χ2v) is 8.71. The number of methoxy groups -OCH3 is 1. The van der Waals surface area contributed by atoms with Crippen LogP contribution in [0.2, 0.25) is 0 Å². The molecule has 0 unspecified atom stereocenters. The molecule has 1 saturated heterocycles. The third-order valence-electron chi connectivity index (χ3n) is 4.89. The van der Waals surface area contributed by atoms with Crippen molar-refractivity contribution in [3.8, 4) is 5.75 Å². The van der Waals surface area contributed by atoms with Crippen molar-refractivity contribution in [1.29, 1.82) is 0 Å². The number of halogens is 1. The molecule has 2 aromatic rings. The van der Waals surface area contributed by atoms with Crippen LogP contribution in [0.25, 0.3) is 0 Å². The highest BCUT2D eigenvalue weighted by atomic mass is 32.2. The highest BCUT2D eigenvalue weighted by Crippen LogP contribution is 2.31. The van der Waals surface area contributed by atoms with Gasteiger partial charge in [-0.15, -0.1) is 0 Å². The molecule has 8 heteroatoms. The molecule has 1 aliphatic heterocycles. The fourth-order valence-electron chi connectivity index (χ4n) is 3.28. The molecule has 0 aromatic heterocycles. The average Bonchev–Trinajstić information content (AvgIpc) is 2.69. The largest absolute Gasteiger partial charge is 0.495 e. The van der Waals surface area contributed by atoms with E-state index in [1.165, 1.54) is 23.5 Å². The smallest absolute Gasteiger partial charge is 0.246 e. The van der Waals surface area contributed by atoms with Gasteiger partial charge in [0, 0.05) is 19.0 Å². The zero-order chi connectivity index (χ0) is 20.3. The standard InChI is InChI=1S/C20H23FN2O4S/c1-14-7-8-18(27-2)19(13-14)28(25,26)23-11-9-15(10-12-23)20(24)22-17-6-4-3-5-16(17)21/h3-8,13,15H,9-12H2,1-2H3,(H,22,24). The minimum Gasteiger partial charge on any atom is -0.495 e. The zero-order valence-corrected chi connectivity index (χ0v) is 16.6. The minimum atomic E-state index is -3.73. The van der Waals surface area contributed by atoms with Gasteiger partial charge in [0.1, 0.15) is 16.5 Å². The van der Waals surface area contributed by atoms with Gasteiger partial charge in [-0.05, 0) is 49.6 Å². The molecule has 0 bridgehead atoms. The first kappa shape index (κ1) is 20.3. The number of sulfonamides is 1. The van der Waals surface area contributed by atoms with Crippen LogP contribution in [0.5, 0.6) is 5.75 Å². The van der Waals surface area contributed by atoms with E-state index in [-0.39, 0.29) is 35.5 Å². The summed E-state index contributed by atoms with van der Waals surface area (Å²) in [6.07, 6.45) is 0.737. The van der Waals surface area contributed by atoms with Crippen LogP contribution in [0.1, 0.15) is 18.4 Å². The summed E-state index contributed by atoms with van der Waals surface area (Å²) < 4.78 is 46.3. The molecular weight excluding hydrogens is 383 g/mol. The summed E-state index contributed by atoms with van der Waals surface area (Å²) in [7, 11) is -2.29. The van der Waals surface area contributed by atoms with Gasteiger partial charge in [0.25, 0.3) is 0 Å². The van der Waals surface area contributed by atoms with Crippen molar-refractivity contribution in [3.05, 3.63) is 53.8 Å². The van der Waals surface area contributed by atoms with Crippen LogP contribution in [-0.4, -0.2) is 38.8 Å². The number of rotatable bonds is 5. The SMILES string of the molecule is COc1ccc(C)cc1S(=O)(=O)N1CCC(C(=O)Nc2ccccc2F)CC1. The van der Waals surface area contributed by atoms with Crippen molar-refractivity contribution in [1.82, 2.24) is 4.31 Å². The van der Waals surface area contributed by atoms with Gasteiger partial charge in [-0.1, -0.05) is 18.2 Å². The molecule has 0 radical (unpaired) electrons. The summed E-state index contributed by atoms with van der Waals surface area (Å²) in [5, 5.41) is 2.59. The fourth-order valence-corrected chi connectivity index (χ4v) is 4.99. The Balaban J connectivity index is 1.69. The number of amides is 1. The number of hydrogen-bond donors (Lipinski definition) is 1. The van der Waals surface area contributed by atoms with Gasteiger partial charge in [-0.3, -0.25) is 4.79 Å². The Labute approximate surface area is 164 Å². The maximum Gasteiger partial charge on any atom is 0.246 e. The number of nitrogens with one attached hydrogen (secondary N) is 1. The van der Waals surface area contributed by atoms with E-state index < -0.39 is 15.8 Å². The van der Waals surface area contributed by atoms with E-state index >= 15 is 0 Å². The monoisotopic (exact) mass is 406 g/mol. The third kappa shape index (κ3) is 4.18. The van der Waals surface area contributed by atoms with Crippen LogP contribution >= 0.6 is 0 Å². The number of aryl methyl sites for hydroxylation is 1. The molecule has 1 amide bonds. The maximum atomic E-state index is 13.7. The van der Waals surface area contributed by atoms with E-state index in [4.69, 9.17) is 4.74 Å². The first-order valence-electron chi connectivity index (χ1n) is 9.03. The van der Waals surface area contributed by atoms with E-state index in [1.54, 1.807) is 30.3 Å². The van der Waals surface area contributed by atoms with Crippen LogP contribution in [-0.2, 0) is 14.8 Å². The summed E-state index contributed by atoms with van der Waals surface area (Å²) in [4.78, 5) is 12.6. The van der Waals surface area contributed by atoms with Crippen molar-refractivity contribution in [3.63, 3.8) is 0 Å². The molecular formula is C20H23FN2O4S. The van der Waals surface area contributed by atoms with Gasteiger partial charge in [0.2, 0.25) is 15.9 Å². The number of carbonyl (C=O) groups is 1. The molecule has 28 heavy (non-hydrogen) atoms. The van der Waals surface area contributed by atoms with Crippen molar-refractivity contribution in [2.75, 3.05) is 25.5 Å².